The van der Waals surface area contributed by atoms with Crippen molar-refractivity contribution in [1.29, 1.82) is 0 Å². The smallest absolute Gasteiger partial charge is 0.108 e. The topological polar surface area (TPSA) is 29.9 Å². The molecule has 2 rings (SSSR count). The SMILES string of the molecule is CCc1nccn1CCCN[C@H]1CCSC1. The van der Waals surface area contributed by atoms with Crippen molar-refractivity contribution in [1.82, 2.24) is 14.9 Å². The molecular formula is C12H21N3S. The van der Waals surface area contributed by atoms with E-state index in [4.69, 9.17) is 0 Å². The van der Waals surface area contributed by atoms with E-state index in [1.54, 1.807) is 0 Å². The maximum atomic E-state index is 4.33. The van der Waals surface area contributed by atoms with Gasteiger partial charge in [0.05, 0.1) is 0 Å². The minimum absolute atomic E-state index is 0.762. The molecule has 1 aromatic rings. The second-order valence-electron chi connectivity index (χ2n) is 4.26. The summed E-state index contributed by atoms with van der Waals surface area (Å²) in [6.07, 6.45) is 7.56. The minimum Gasteiger partial charge on any atom is -0.335 e. The number of rotatable bonds is 6. The third kappa shape index (κ3) is 3.25. The van der Waals surface area contributed by atoms with Crippen LogP contribution < -0.4 is 5.32 Å². The number of aromatic nitrogens is 2. The summed E-state index contributed by atoms with van der Waals surface area (Å²) in [4.78, 5) is 4.33. The van der Waals surface area contributed by atoms with Gasteiger partial charge in [-0.25, -0.2) is 4.98 Å². The van der Waals surface area contributed by atoms with Gasteiger partial charge in [0, 0.05) is 37.2 Å². The highest BCUT2D eigenvalue weighted by Gasteiger charge is 2.13. The van der Waals surface area contributed by atoms with Crippen LogP contribution in [-0.2, 0) is 13.0 Å². The van der Waals surface area contributed by atoms with Gasteiger partial charge in [-0.05, 0) is 25.1 Å². The highest BCUT2D eigenvalue weighted by atomic mass is 32.2. The summed E-state index contributed by atoms with van der Waals surface area (Å²) < 4.78 is 2.27. The third-order valence-corrected chi connectivity index (χ3v) is 4.22. The van der Waals surface area contributed by atoms with Crippen molar-refractivity contribution in [3.8, 4) is 0 Å². The number of aryl methyl sites for hydroxylation is 2. The Labute approximate surface area is 102 Å². The van der Waals surface area contributed by atoms with Crippen molar-refractivity contribution in [2.24, 2.45) is 0 Å². The lowest BCUT2D eigenvalue weighted by Gasteiger charge is -2.11. The summed E-state index contributed by atoms with van der Waals surface area (Å²) in [5, 5.41) is 3.63. The quantitative estimate of drug-likeness (QED) is 0.769. The van der Waals surface area contributed by atoms with Crippen molar-refractivity contribution in [3.05, 3.63) is 18.2 Å². The molecule has 90 valence electrons. The summed E-state index contributed by atoms with van der Waals surface area (Å²) >= 11 is 2.07. The Hall–Kier alpha value is -0.480. The molecule has 1 atom stereocenters. The largest absolute Gasteiger partial charge is 0.335 e. The summed E-state index contributed by atoms with van der Waals surface area (Å²) in [6, 6.07) is 0.762. The lowest BCUT2D eigenvalue weighted by molar-refractivity contribution is 0.513. The van der Waals surface area contributed by atoms with Gasteiger partial charge in [0.2, 0.25) is 0 Å². The highest BCUT2D eigenvalue weighted by molar-refractivity contribution is 7.99. The molecule has 1 aromatic heterocycles. The fourth-order valence-corrected chi connectivity index (χ4v) is 3.30. The van der Waals surface area contributed by atoms with Crippen LogP contribution in [0.15, 0.2) is 12.4 Å². The molecule has 0 saturated carbocycles. The van der Waals surface area contributed by atoms with Crippen LogP contribution >= 0.6 is 11.8 Å². The van der Waals surface area contributed by atoms with E-state index >= 15 is 0 Å². The van der Waals surface area contributed by atoms with E-state index in [0.29, 0.717) is 0 Å². The van der Waals surface area contributed by atoms with Crippen LogP contribution in [0.5, 0.6) is 0 Å². The molecule has 1 saturated heterocycles. The van der Waals surface area contributed by atoms with Crippen molar-refractivity contribution >= 4 is 11.8 Å². The lowest BCUT2D eigenvalue weighted by atomic mass is 10.2. The predicted molar refractivity (Wildman–Crippen MR) is 70.0 cm³/mol. The molecule has 3 nitrogen and oxygen atoms in total. The molecule has 0 spiro atoms. The van der Waals surface area contributed by atoms with Crippen LogP contribution in [0, 0.1) is 0 Å². The van der Waals surface area contributed by atoms with Crippen molar-refractivity contribution < 1.29 is 0 Å². The average Bonchev–Trinajstić information content (AvgIpc) is 2.95. The van der Waals surface area contributed by atoms with E-state index in [1.807, 2.05) is 6.20 Å². The first-order chi connectivity index (χ1) is 7.90. The van der Waals surface area contributed by atoms with E-state index < -0.39 is 0 Å². The van der Waals surface area contributed by atoms with Gasteiger partial charge in [-0.1, -0.05) is 6.92 Å². The minimum atomic E-state index is 0.762. The molecule has 4 heteroatoms. The molecule has 0 aromatic carbocycles. The summed E-state index contributed by atoms with van der Waals surface area (Å²) in [5.41, 5.74) is 0. The first-order valence-electron chi connectivity index (χ1n) is 6.21. The van der Waals surface area contributed by atoms with E-state index in [-0.39, 0.29) is 0 Å². The number of nitrogens with zero attached hydrogens (tertiary/aromatic N) is 2. The molecule has 1 fully saturated rings. The normalized spacial score (nSPS) is 20.4. The summed E-state index contributed by atoms with van der Waals surface area (Å²) in [5.74, 6) is 3.83. The molecule has 16 heavy (non-hydrogen) atoms. The van der Waals surface area contributed by atoms with Crippen LogP contribution in [-0.4, -0.2) is 33.6 Å². The van der Waals surface area contributed by atoms with Gasteiger partial charge in [0.15, 0.2) is 0 Å². The fourth-order valence-electron chi connectivity index (χ4n) is 2.11. The van der Waals surface area contributed by atoms with Gasteiger partial charge in [0.1, 0.15) is 5.82 Å². The molecule has 0 aliphatic carbocycles. The predicted octanol–water partition coefficient (Wildman–Crippen LogP) is 1.93. The average molecular weight is 239 g/mol. The van der Waals surface area contributed by atoms with Crippen molar-refractivity contribution in [2.75, 3.05) is 18.1 Å². The number of hydrogen-bond donors (Lipinski definition) is 1. The molecule has 0 bridgehead atoms. The maximum absolute atomic E-state index is 4.33. The molecule has 0 amide bonds. The van der Waals surface area contributed by atoms with Gasteiger partial charge in [-0.3, -0.25) is 0 Å². The van der Waals surface area contributed by atoms with Gasteiger partial charge in [-0.15, -0.1) is 0 Å². The van der Waals surface area contributed by atoms with Crippen LogP contribution in [0.1, 0.15) is 25.6 Å². The molecule has 1 N–H and O–H groups in total. The standard InChI is InChI=1S/C12H21N3S/c1-2-12-14-6-8-15(12)7-3-5-13-11-4-9-16-10-11/h6,8,11,13H,2-5,7,9-10H2,1H3/t11-/m0/s1. The van der Waals surface area contributed by atoms with Crippen molar-refractivity contribution in [2.45, 2.75) is 38.8 Å². The van der Waals surface area contributed by atoms with Crippen LogP contribution in [0.25, 0.3) is 0 Å². The Morgan fingerprint density at radius 2 is 2.56 bits per heavy atom. The van der Waals surface area contributed by atoms with Gasteiger partial charge < -0.3 is 9.88 Å². The number of nitrogens with one attached hydrogen (secondary N) is 1. The summed E-state index contributed by atoms with van der Waals surface area (Å²) in [6.45, 7) is 4.38. The van der Waals surface area contributed by atoms with Crippen LogP contribution in [0.2, 0.25) is 0 Å². The number of hydrogen-bond acceptors (Lipinski definition) is 3. The van der Waals surface area contributed by atoms with Crippen LogP contribution in [0.3, 0.4) is 0 Å². The first kappa shape index (κ1) is 12.0. The van der Waals surface area contributed by atoms with Crippen LogP contribution in [0.4, 0.5) is 0 Å². The van der Waals surface area contributed by atoms with Gasteiger partial charge in [-0.2, -0.15) is 11.8 Å². The Morgan fingerprint density at radius 3 is 3.31 bits per heavy atom. The zero-order valence-electron chi connectivity index (χ0n) is 9.98. The second-order valence-corrected chi connectivity index (χ2v) is 5.41. The monoisotopic (exact) mass is 239 g/mol. The van der Waals surface area contributed by atoms with Gasteiger partial charge in [0.25, 0.3) is 0 Å². The molecule has 0 unspecified atom stereocenters. The Bertz CT molecular complexity index is 305. The van der Waals surface area contributed by atoms with E-state index in [9.17, 15) is 0 Å². The molecule has 0 radical (unpaired) electrons. The lowest BCUT2D eigenvalue weighted by Crippen LogP contribution is -2.30. The molecule has 2 heterocycles. The molecular weight excluding hydrogens is 218 g/mol. The highest BCUT2D eigenvalue weighted by Crippen LogP contribution is 2.16. The third-order valence-electron chi connectivity index (χ3n) is 3.06. The number of imidazole rings is 1. The van der Waals surface area contributed by atoms with E-state index in [2.05, 4.69) is 39.8 Å². The summed E-state index contributed by atoms with van der Waals surface area (Å²) in [7, 11) is 0. The molecule has 1 aliphatic rings. The Morgan fingerprint density at radius 1 is 1.62 bits per heavy atom. The Balaban J connectivity index is 1.64. The second kappa shape index (κ2) is 6.30. The number of thioether (sulfide) groups is 1. The zero-order chi connectivity index (χ0) is 11.2. The van der Waals surface area contributed by atoms with Crippen molar-refractivity contribution in [3.63, 3.8) is 0 Å². The molecule has 1 aliphatic heterocycles. The van der Waals surface area contributed by atoms with E-state index in [0.717, 1.165) is 25.6 Å². The Kier molecular flexibility index (Phi) is 4.72. The zero-order valence-corrected chi connectivity index (χ0v) is 10.8. The fraction of sp³-hybridized carbons (Fsp3) is 0.750. The first-order valence-corrected chi connectivity index (χ1v) is 7.36. The maximum Gasteiger partial charge on any atom is 0.108 e. The van der Waals surface area contributed by atoms with Gasteiger partial charge >= 0.3 is 0 Å². The van der Waals surface area contributed by atoms with E-state index in [1.165, 1.54) is 30.2 Å².